The zero-order valence-corrected chi connectivity index (χ0v) is 11.3. The Morgan fingerprint density at radius 3 is 1.62 bits per heavy atom. The van der Waals surface area contributed by atoms with E-state index in [0.29, 0.717) is 0 Å². The monoisotopic (exact) mass is 230 g/mol. The molecule has 0 heterocycles. The molecule has 0 N–H and O–H groups in total. The van der Waals surface area contributed by atoms with Gasteiger partial charge < -0.3 is 9.47 Å². The molecule has 0 aliphatic rings. The fraction of sp³-hybridized carbons (Fsp3) is 1.00. The number of hydrogen-bond donors (Lipinski definition) is 0. The molecule has 0 aromatic rings. The van der Waals surface area contributed by atoms with E-state index in [9.17, 15) is 0 Å². The average Bonchev–Trinajstić information content (AvgIpc) is 2.31. The van der Waals surface area contributed by atoms with Crippen molar-refractivity contribution in [1.29, 1.82) is 0 Å². The van der Waals surface area contributed by atoms with Crippen LogP contribution in [0.3, 0.4) is 0 Å². The predicted molar refractivity (Wildman–Crippen MR) is 69.9 cm³/mol. The number of unbranched alkanes of at least 4 members (excludes halogenated alkanes) is 6. The molecule has 0 saturated carbocycles. The van der Waals surface area contributed by atoms with Crippen LogP contribution in [0.15, 0.2) is 0 Å². The minimum atomic E-state index is 0.760. The summed E-state index contributed by atoms with van der Waals surface area (Å²) in [4.78, 5) is 0. The van der Waals surface area contributed by atoms with E-state index in [1.807, 2.05) is 0 Å². The molecule has 0 aromatic heterocycles. The van der Waals surface area contributed by atoms with E-state index in [2.05, 4.69) is 13.8 Å². The van der Waals surface area contributed by atoms with Crippen molar-refractivity contribution in [3.63, 3.8) is 0 Å². The quantitative estimate of drug-likeness (QED) is 0.442. The van der Waals surface area contributed by atoms with Gasteiger partial charge in [0.2, 0.25) is 0 Å². The highest BCUT2D eigenvalue weighted by Gasteiger charge is 1.92. The summed E-state index contributed by atoms with van der Waals surface area (Å²) in [7, 11) is 0. The molecular weight excluding hydrogens is 200 g/mol. The van der Waals surface area contributed by atoms with Crippen LogP contribution in [0.5, 0.6) is 0 Å². The van der Waals surface area contributed by atoms with Gasteiger partial charge in [0.1, 0.15) is 0 Å². The van der Waals surface area contributed by atoms with Crippen LogP contribution in [0, 0.1) is 0 Å². The molecule has 2 heteroatoms. The van der Waals surface area contributed by atoms with Crippen molar-refractivity contribution in [3.05, 3.63) is 0 Å². The summed E-state index contributed by atoms with van der Waals surface area (Å²) in [5, 5.41) is 0. The highest BCUT2D eigenvalue weighted by atomic mass is 16.5. The van der Waals surface area contributed by atoms with Gasteiger partial charge in [-0.1, -0.05) is 52.4 Å². The Hall–Kier alpha value is -0.0800. The molecule has 0 rings (SSSR count). The lowest BCUT2D eigenvalue weighted by Crippen LogP contribution is -2.06. The third kappa shape index (κ3) is 13.9. The summed E-state index contributed by atoms with van der Waals surface area (Å²) in [5.41, 5.74) is 0. The molecule has 0 aliphatic heterocycles. The summed E-state index contributed by atoms with van der Waals surface area (Å²) in [6.45, 7) is 7.74. The molecule has 16 heavy (non-hydrogen) atoms. The van der Waals surface area contributed by atoms with E-state index in [0.717, 1.165) is 32.8 Å². The van der Waals surface area contributed by atoms with E-state index in [1.54, 1.807) is 0 Å². The summed E-state index contributed by atoms with van der Waals surface area (Å²) in [6, 6.07) is 0. The first-order valence-corrected chi connectivity index (χ1v) is 7.07. The smallest absolute Gasteiger partial charge is 0.0700 e. The largest absolute Gasteiger partial charge is 0.379 e. The number of ether oxygens (including phenoxy) is 2. The number of rotatable bonds is 13. The van der Waals surface area contributed by atoms with Crippen molar-refractivity contribution in [2.75, 3.05) is 26.4 Å². The van der Waals surface area contributed by atoms with Gasteiger partial charge >= 0.3 is 0 Å². The molecule has 0 aromatic carbocycles. The minimum absolute atomic E-state index is 0.760. The summed E-state index contributed by atoms with van der Waals surface area (Å²) >= 11 is 0. The maximum absolute atomic E-state index is 5.50. The van der Waals surface area contributed by atoms with E-state index in [-0.39, 0.29) is 0 Å². The average molecular weight is 230 g/mol. The standard InChI is InChI=1S/C14H30O2/c1-3-5-7-8-9-10-12-16-14-13-15-11-6-4-2/h3-14H2,1-2H3. The Labute approximate surface area is 102 Å². The lowest BCUT2D eigenvalue weighted by molar-refractivity contribution is 0.0453. The second kappa shape index (κ2) is 14.9. The Balaban J connectivity index is 2.83. The molecule has 0 atom stereocenters. The molecule has 98 valence electrons. The molecule has 0 unspecified atom stereocenters. The minimum Gasteiger partial charge on any atom is -0.379 e. The van der Waals surface area contributed by atoms with Crippen molar-refractivity contribution in [3.8, 4) is 0 Å². The van der Waals surface area contributed by atoms with E-state index >= 15 is 0 Å². The first kappa shape index (κ1) is 15.9. The first-order valence-electron chi connectivity index (χ1n) is 7.07. The zero-order valence-electron chi connectivity index (χ0n) is 11.3. The summed E-state index contributed by atoms with van der Waals surface area (Å²) in [5.74, 6) is 0. The second-order valence-corrected chi connectivity index (χ2v) is 4.35. The Kier molecular flexibility index (Phi) is 14.8. The molecule has 0 aliphatic carbocycles. The topological polar surface area (TPSA) is 18.5 Å². The Morgan fingerprint density at radius 1 is 0.500 bits per heavy atom. The van der Waals surface area contributed by atoms with Crippen LogP contribution in [0.25, 0.3) is 0 Å². The molecule has 2 nitrogen and oxygen atoms in total. The second-order valence-electron chi connectivity index (χ2n) is 4.35. The third-order valence-electron chi connectivity index (χ3n) is 2.66. The van der Waals surface area contributed by atoms with Crippen LogP contribution in [0.2, 0.25) is 0 Å². The molecule has 0 spiro atoms. The molecule has 0 radical (unpaired) electrons. The Bertz CT molecular complexity index is 101. The molecular formula is C14H30O2. The normalized spacial score (nSPS) is 10.9. The van der Waals surface area contributed by atoms with Crippen LogP contribution in [0.4, 0.5) is 0 Å². The van der Waals surface area contributed by atoms with Gasteiger partial charge in [0.15, 0.2) is 0 Å². The SMILES string of the molecule is CCCCCCCCOCCOCCCC. The van der Waals surface area contributed by atoms with Crippen molar-refractivity contribution in [2.24, 2.45) is 0 Å². The third-order valence-corrected chi connectivity index (χ3v) is 2.66. The van der Waals surface area contributed by atoms with E-state index in [4.69, 9.17) is 9.47 Å². The molecule has 0 fully saturated rings. The van der Waals surface area contributed by atoms with Crippen LogP contribution < -0.4 is 0 Å². The highest BCUT2D eigenvalue weighted by Crippen LogP contribution is 2.04. The fourth-order valence-electron chi connectivity index (χ4n) is 1.55. The van der Waals surface area contributed by atoms with Crippen LogP contribution >= 0.6 is 0 Å². The lowest BCUT2D eigenvalue weighted by atomic mass is 10.1. The van der Waals surface area contributed by atoms with Crippen molar-refractivity contribution in [2.45, 2.75) is 65.2 Å². The molecule has 0 bridgehead atoms. The molecule has 0 amide bonds. The van der Waals surface area contributed by atoms with Gasteiger partial charge in [0.05, 0.1) is 13.2 Å². The highest BCUT2D eigenvalue weighted by molar-refractivity contribution is 4.43. The van der Waals surface area contributed by atoms with Crippen LogP contribution in [0.1, 0.15) is 65.2 Å². The Morgan fingerprint density at radius 2 is 1.00 bits per heavy atom. The van der Waals surface area contributed by atoms with Crippen molar-refractivity contribution < 1.29 is 9.47 Å². The van der Waals surface area contributed by atoms with Crippen molar-refractivity contribution >= 4 is 0 Å². The van der Waals surface area contributed by atoms with Gasteiger partial charge in [-0.3, -0.25) is 0 Å². The predicted octanol–water partition coefficient (Wildman–Crippen LogP) is 4.18. The zero-order chi connectivity index (χ0) is 11.9. The van der Waals surface area contributed by atoms with Gasteiger partial charge in [0.25, 0.3) is 0 Å². The molecule has 0 saturated heterocycles. The first-order chi connectivity index (χ1) is 7.91. The van der Waals surface area contributed by atoms with Crippen LogP contribution in [-0.2, 0) is 9.47 Å². The van der Waals surface area contributed by atoms with Crippen LogP contribution in [-0.4, -0.2) is 26.4 Å². The van der Waals surface area contributed by atoms with Gasteiger partial charge in [-0.25, -0.2) is 0 Å². The van der Waals surface area contributed by atoms with Crippen molar-refractivity contribution in [1.82, 2.24) is 0 Å². The fourth-order valence-corrected chi connectivity index (χ4v) is 1.55. The van der Waals surface area contributed by atoms with Gasteiger partial charge in [0, 0.05) is 13.2 Å². The maximum Gasteiger partial charge on any atom is 0.0700 e. The number of hydrogen-bond acceptors (Lipinski definition) is 2. The van der Waals surface area contributed by atoms with E-state index < -0.39 is 0 Å². The van der Waals surface area contributed by atoms with Gasteiger partial charge in [-0.2, -0.15) is 0 Å². The lowest BCUT2D eigenvalue weighted by Gasteiger charge is -2.05. The summed E-state index contributed by atoms with van der Waals surface area (Å²) < 4.78 is 10.9. The van der Waals surface area contributed by atoms with Gasteiger partial charge in [-0.15, -0.1) is 0 Å². The van der Waals surface area contributed by atoms with Gasteiger partial charge in [-0.05, 0) is 12.8 Å². The summed E-state index contributed by atoms with van der Waals surface area (Å²) in [6.07, 6.45) is 10.4. The maximum atomic E-state index is 5.50. The van der Waals surface area contributed by atoms with E-state index in [1.165, 1.54) is 44.9 Å².